The van der Waals surface area contributed by atoms with E-state index in [2.05, 4.69) is 31.8 Å². The molecule has 0 bridgehead atoms. The van der Waals surface area contributed by atoms with Crippen LogP contribution in [0.15, 0.2) is 33.8 Å². The van der Waals surface area contributed by atoms with Gasteiger partial charge in [0, 0.05) is 17.4 Å². The second-order valence-electron chi connectivity index (χ2n) is 5.61. The number of carbonyl (C=O) groups excluding carboxylic acids is 3. The fraction of sp³-hybridized carbons (Fsp3) is 0.333. The normalized spacial score (nSPS) is 16.7. The fourth-order valence-electron chi connectivity index (χ4n) is 2.06. The molecule has 1 fully saturated rings. The van der Waals surface area contributed by atoms with Crippen molar-refractivity contribution < 1.29 is 14.4 Å². The number of halogens is 1. The van der Waals surface area contributed by atoms with Crippen molar-refractivity contribution >= 4 is 40.0 Å². The first-order valence-electron chi connectivity index (χ1n) is 7.01. The Hall–Kier alpha value is -2.22. The van der Waals surface area contributed by atoms with Gasteiger partial charge in [-0.05, 0) is 31.5 Å². The predicted octanol–water partition coefficient (Wildman–Crippen LogP) is 1.62. The van der Waals surface area contributed by atoms with Crippen LogP contribution in [0.2, 0.25) is 0 Å². The van der Waals surface area contributed by atoms with Crippen LogP contribution in [-0.4, -0.2) is 41.0 Å². The summed E-state index contributed by atoms with van der Waals surface area (Å²) in [5.41, 5.74) is 2.28. The molecule has 8 heteroatoms. The summed E-state index contributed by atoms with van der Waals surface area (Å²) in [6, 6.07) is 6.95. The zero-order valence-electron chi connectivity index (χ0n) is 12.8. The first-order chi connectivity index (χ1) is 10.8. The Labute approximate surface area is 142 Å². The van der Waals surface area contributed by atoms with Crippen molar-refractivity contribution in [3.63, 3.8) is 0 Å². The number of benzene rings is 1. The number of imide groups is 1. The van der Waals surface area contributed by atoms with Gasteiger partial charge in [-0.25, -0.2) is 10.2 Å². The lowest BCUT2D eigenvalue weighted by Crippen LogP contribution is -2.40. The third-order valence-electron chi connectivity index (χ3n) is 3.26. The van der Waals surface area contributed by atoms with Gasteiger partial charge in [-0.2, -0.15) is 5.10 Å². The first kappa shape index (κ1) is 17.1. The van der Waals surface area contributed by atoms with Crippen molar-refractivity contribution in [1.82, 2.24) is 15.6 Å². The smallest absolute Gasteiger partial charge is 0.324 e. The lowest BCUT2D eigenvalue weighted by molar-refractivity contribution is -0.130. The molecule has 4 amide bonds. The highest BCUT2D eigenvalue weighted by molar-refractivity contribution is 9.10. The van der Waals surface area contributed by atoms with Crippen LogP contribution in [0.3, 0.4) is 0 Å². The summed E-state index contributed by atoms with van der Waals surface area (Å²) >= 11 is 3.34. The van der Waals surface area contributed by atoms with E-state index in [0.29, 0.717) is 0 Å². The Kier molecular flexibility index (Phi) is 5.15. The summed E-state index contributed by atoms with van der Waals surface area (Å²) in [6.07, 6.45) is 1.50. The summed E-state index contributed by atoms with van der Waals surface area (Å²) in [4.78, 5) is 36.4. The van der Waals surface area contributed by atoms with Crippen molar-refractivity contribution in [2.45, 2.75) is 25.8 Å². The number of hydrazone groups is 1. The average molecular weight is 381 g/mol. The first-order valence-corrected chi connectivity index (χ1v) is 7.80. The molecular weight excluding hydrogens is 364 g/mol. The van der Waals surface area contributed by atoms with E-state index in [9.17, 15) is 14.4 Å². The number of nitrogens with one attached hydrogen (secondary N) is 2. The maximum atomic E-state index is 12.0. The van der Waals surface area contributed by atoms with Crippen LogP contribution < -0.4 is 10.7 Å². The van der Waals surface area contributed by atoms with Crippen LogP contribution >= 0.6 is 15.9 Å². The average Bonchev–Trinajstić information content (AvgIpc) is 2.65. The van der Waals surface area contributed by atoms with E-state index in [1.165, 1.54) is 6.21 Å². The highest BCUT2D eigenvalue weighted by Gasteiger charge is 2.43. The fourth-order valence-corrected chi connectivity index (χ4v) is 2.47. The van der Waals surface area contributed by atoms with Crippen LogP contribution in [0.5, 0.6) is 0 Å². The summed E-state index contributed by atoms with van der Waals surface area (Å²) in [5.74, 6) is -0.713. The minimum atomic E-state index is -0.924. The van der Waals surface area contributed by atoms with Crippen molar-refractivity contribution in [2.75, 3.05) is 6.54 Å². The van der Waals surface area contributed by atoms with E-state index >= 15 is 0 Å². The Morgan fingerprint density at radius 1 is 1.43 bits per heavy atom. The number of hydrogen-bond donors (Lipinski definition) is 2. The van der Waals surface area contributed by atoms with E-state index in [1.807, 2.05) is 24.3 Å². The number of amides is 4. The van der Waals surface area contributed by atoms with Crippen molar-refractivity contribution in [3.8, 4) is 0 Å². The lowest BCUT2D eigenvalue weighted by atomic mass is 10.1. The molecule has 0 atom stereocenters. The molecule has 122 valence electrons. The van der Waals surface area contributed by atoms with Gasteiger partial charge >= 0.3 is 6.03 Å². The quantitative estimate of drug-likeness (QED) is 0.461. The molecule has 0 spiro atoms. The molecule has 0 aromatic heterocycles. The van der Waals surface area contributed by atoms with Gasteiger partial charge in [0.15, 0.2) is 0 Å². The standard InChI is InChI=1S/C15H17BrN4O3/c1-15(2)13(22)20(14(23)18-15)7-6-12(21)19-17-9-10-4-3-5-11(16)8-10/h3-5,8-9H,6-7H2,1-2H3,(H,18,23)(H,19,21)/b17-9-. The van der Waals surface area contributed by atoms with E-state index in [4.69, 9.17) is 0 Å². The van der Waals surface area contributed by atoms with E-state index < -0.39 is 11.6 Å². The number of carbonyl (C=O) groups is 3. The molecule has 1 saturated heterocycles. The van der Waals surface area contributed by atoms with Crippen molar-refractivity contribution in [1.29, 1.82) is 0 Å². The molecular formula is C15H17BrN4O3. The Morgan fingerprint density at radius 2 is 2.17 bits per heavy atom. The van der Waals surface area contributed by atoms with Crippen LogP contribution in [-0.2, 0) is 9.59 Å². The molecule has 1 aliphatic rings. The van der Waals surface area contributed by atoms with Gasteiger partial charge in [0.25, 0.3) is 5.91 Å². The highest BCUT2D eigenvalue weighted by atomic mass is 79.9. The lowest BCUT2D eigenvalue weighted by Gasteiger charge is -2.15. The summed E-state index contributed by atoms with van der Waals surface area (Å²) in [5, 5.41) is 6.40. The molecule has 0 unspecified atom stereocenters. The van der Waals surface area contributed by atoms with E-state index in [-0.39, 0.29) is 24.8 Å². The third-order valence-corrected chi connectivity index (χ3v) is 3.75. The Morgan fingerprint density at radius 3 is 2.78 bits per heavy atom. The molecule has 0 aliphatic carbocycles. The van der Waals surface area contributed by atoms with Crippen molar-refractivity contribution in [2.24, 2.45) is 5.10 Å². The topological polar surface area (TPSA) is 90.9 Å². The number of hydrogen-bond acceptors (Lipinski definition) is 4. The molecule has 23 heavy (non-hydrogen) atoms. The van der Waals surface area contributed by atoms with Gasteiger partial charge in [-0.3, -0.25) is 14.5 Å². The molecule has 0 radical (unpaired) electrons. The minimum Gasteiger partial charge on any atom is -0.324 e. The second kappa shape index (κ2) is 6.91. The van der Waals surface area contributed by atoms with Gasteiger partial charge in [0.05, 0.1) is 6.21 Å². The molecule has 2 N–H and O–H groups in total. The number of nitrogens with zero attached hydrogens (tertiary/aromatic N) is 2. The Bertz CT molecular complexity index is 672. The van der Waals surface area contributed by atoms with Crippen LogP contribution in [0.25, 0.3) is 0 Å². The molecule has 1 aliphatic heterocycles. The Balaban J connectivity index is 1.82. The van der Waals surface area contributed by atoms with Gasteiger partial charge in [0.1, 0.15) is 5.54 Å². The minimum absolute atomic E-state index is 0.00886. The van der Waals surface area contributed by atoms with Gasteiger partial charge in [-0.15, -0.1) is 0 Å². The molecule has 1 aromatic carbocycles. The maximum absolute atomic E-state index is 12.0. The summed E-state index contributed by atoms with van der Waals surface area (Å²) in [6.45, 7) is 3.26. The van der Waals surface area contributed by atoms with Crippen LogP contribution in [0, 0.1) is 0 Å². The van der Waals surface area contributed by atoms with Crippen molar-refractivity contribution in [3.05, 3.63) is 34.3 Å². The van der Waals surface area contributed by atoms with E-state index in [1.54, 1.807) is 13.8 Å². The van der Waals surface area contributed by atoms with Crippen LogP contribution in [0.4, 0.5) is 4.79 Å². The predicted molar refractivity (Wildman–Crippen MR) is 88.8 cm³/mol. The van der Waals surface area contributed by atoms with E-state index in [0.717, 1.165) is 14.9 Å². The summed E-state index contributed by atoms with van der Waals surface area (Å²) in [7, 11) is 0. The van der Waals surface area contributed by atoms with Gasteiger partial charge in [0.2, 0.25) is 5.91 Å². The SMILES string of the molecule is CC1(C)NC(=O)N(CCC(=O)N/N=C\c2cccc(Br)c2)C1=O. The number of rotatable bonds is 5. The van der Waals surface area contributed by atoms with Crippen LogP contribution in [0.1, 0.15) is 25.8 Å². The molecule has 7 nitrogen and oxygen atoms in total. The third kappa shape index (κ3) is 4.38. The zero-order valence-corrected chi connectivity index (χ0v) is 14.4. The molecule has 1 heterocycles. The van der Waals surface area contributed by atoms with Gasteiger partial charge in [-0.1, -0.05) is 28.1 Å². The molecule has 2 rings (SSSR count). The molecule has 0 saturated carbocycles. The number of urea groups is 1. The van der Waals surface area contributed by atoms with Gasteiger partial charge < -0.3 is 5.32 Å². The maximum Gasteiger partial charge on any atom is 0.325 e. The second-order valence-corrected chi connectivity index (χ2v) is 6.53. The monoisotopic (exact) mass is 380 g/mol. The molecule has 1 aromatic rings. The zero-order chi connectivity index (χ0) is 17.0. The largest absolute Gasteiger partial charge is 0.325 e. The summed E-state index contributed by atoms with van der Waals surface area (Å²) < 4.78 is 0.911. The highest BCUT2D eigenvalue weighted by Crippen LogP contribution is 2.16.